The number of amides is 3. The first-order chi connectivity index (χ1) is 13.1. The third kappa shape index (κ3) is 4.72. The first kappa shape index (κ1) is 19.1. The molecule has 1 aliphatic rings. The van der Waals surface area contributed by atoms with E-state index in [0.717, 1.165) is 28.8 Å². The first-order valence-electron chi connectivity index (χ1n) is 8.53. The van der Waals surface area contributed by atoms with Gasteiger partial charge in [0.05, 0.1) is 6.61 Å². The van der Waals surface area contributed by atoms with Gasteiger partial charge in [-0.15, -0.1) is 11.3 Å². The van der Waals surface area contributed by atoms with Crippen LogP contribution in [0.3, 0.4) is 0 Å². The maximum absolute atomic E-state index is 12.3. The summed E-state index contributed by atoms with van der Waals surface area (Å²) in [5.74, 6) is -1.26. The topological polar surface area (TPSA) is 93.7 Å². The zero-order valence-corrected chi connectivity index (χ0v) is 15.7. The minimum Gasteiger partial charge on any atom is -0.451 e. The summed E-state index contributed by atoms with van der Waals surface area (Å²) in [6.07, 6.45) is 1.81. The Morgan fingerprint density at radius 3 is 2.74 bits per heavy atom. The molecular formula is C19H20N2O5S. The summed E-state index contributed by atoms with van der Waals surface area (Å²) in [7, 11) is 1.51. The van der Waals surface area contributed by atoms with E-state index < -0.39 is 24.5 Å². The molecule has 0 saturated heterocycles. The first-order valence-corrected chi connectivity index (χ1v) is 9.35. The van der Waals surface area contributed by atoms with Gasteiger partial charge in [-0.1, -0.05) is 24.3 Å². The number of imide groups is 1. The van der Waals surface area contributed by atoms with E-state index in [1.165, 1.54) is 24.0 Å². The molecule has 3 rings (SSSR count). The van der Waals surface area contributed by atoms with Gasteiger partial charge in [0.2, 0.25) is 0 Å². The van der Waals surface area contributed by atoms with Crippen molar-refractivity contribution in [3.8, 4) is 10.4 Å². The average Bonchev–Trinajstić information content (AvgIpc) is 3.11. The molecule has 1 aromatic heterocycles. The second-order valence-corrected chi connectivity index (χ2v) is 7.05. The van der Waals surface area contributed by atoms with E-state index in [-0.39, 0.29) is 6.54 Å². The molecular weight excluding hydrogens is 368 g/mol. The summed E-state index contributed by atoms with van der Waals surface area (Å²) < 4.78 is 9.82. The van der Waals surface area contributed by atoms with Crippen LogP contribution in [0.4, 0.5) is 4.79 Å². The molecule has 0 unspecified atom stereocenters. The minimum absolute atomic E-state index is 0.275. The van der Waals surface area contributed by atoms with E-state index in [1.807, 2.05) is 18.2 Å². The lowest BCUT2D eigenvalue weighted by Gasteiger charge is -2.15. The van der Waals surface area contributed by atoms with Crippen LogP contribution in [0.2, 0.25) is 0 Å². The van der Waals surface area contributed by atoms with Crippen LogP contribution in [0, 0.1) is 0 Å². The van der Waals surface area contributed by atoms with Crippen molar-refractivity contribution in [3.63, 3.8) is 0 Å². The number of hydrogen-bond acceptors (Lipinski definition) is 6. The SMILES string of the molecule is COCCNC(=O)NC(=O)COC(=O)c1cc2c(s1)-c1ccccc1CC2. The molecule has 7 nitrogen and oxygen atoms in total. The van der Waals surface area contributed by atoms with Gasteiger partial charge in [-0.2, -0.15) is 0 Å². The van der Waals surface area contributed by atoms with Gasteiger partial charge in [0.25, 0.3) is 5.91 Å². The molecule has 142 valence electrons. The van der Waals surface area contributed by atoms with Gasteiger partial charge in [-0.05, 0) is 35.6 Å². The fourth-order valence-electron chi connectivity index (χ4n) is 2.85. The molecule has 0 atom stereocenters. The second-order valence-electron chi connectivity index (χ2n) is 6.00. The molecule has 0 saturated carbocycles. The predicted octanol–water partition coefficient (Wildman–Crippen LogP) is 2.14. The van der Waals surface area contributed by atoms with Crippen LogP contribution in [0.25, 0.3) is 10.4 Å². The summed E-state index contributed by atoms with van der Waals surface area (Å²) >= 11 is 1.37. The van der Waals surface area contributed by atoms with Crippen LogP contribution in [-0.2, 0) is 27.1 Å². The zero-order chi connectivity index (χ0) is 19.2. The van der Waals surface area contributed by atoms with Crippen molar-refractivity contribution in [2.45, 2.75) is 12.8 Å². The second kappa shape index (κ2) is 8.79. The van der Waals surface area contributed by atoms with Crippen LogP contribution >= 0.6 is 11.3 Å². The molecule has 0 fully saturated rings. The van der Waals surface area contributed by atoms with Gasteiger partial charge in [-0.3, -0.25) is 10.1 Å². The Bertz CT molecular complexity index is 862. The quantitative estimate of drug-likeness (QED) is 0.584. The Balaban J connectivity index is 1.55. The molecule has 27 heavy (non-hydrogen) atoms. The lowest BCUT2D eigenvalue weighted by atomic mass is 9.91. The van der Waals surface area contributed by atoms with E-state index in [1.54, 1.807) is 0 Å². The number of benzene rings is 1. The van der Waals surface area contributed by atoms with E-state index in [0.29, 0.717) is 11.5 Å². The Morgan fingerprint density at radius 2 is 1.93 bits per heavy atom. The summed E-state index contributed by atoms with van der Waals surface area (Å²) in [4.78, 5) is 37.0. The molecule has 1 heterocycles. The summed E-state index contributed by atoms with van der Waals surface area (Å²) in [6.45, 7) is 0.0933. The van der Waals surface area contributed by atoms with Gasteiger partial charge >= 0.3 is 12.0 Å². The van der Waals surface area contributed by atoms with Gasteiger partial charge in [-0.25, -0.2) is 9.59 Å². The third-order valence-corrected chi connectivity index (χ3v) is 5.31. The number of ether oxygens (including phenoxy) is 2. The molecule has 0 radical (unpaired) electrons. The number of methoxy groups -OCH3 is 1. The van der Waals surface area contributed by atoms with Crippen molar-refractivity contribution in [1.82, 2.24) is 10.6 Å². The third-order valence-electron chi connectivity index (χ3n) is 4.11. The Hall–Kier alpha value is -2.71. The van der Waals surface area contributed by atoms with E-state index in [9.17, 15) is 14.4 Å². The lowest BCUT2D eigenvalue weighted by Crippen LogP contribution is -2.42. The monoisotopic (exact) mass is 388 g/mol. The van der Waals surface area contributed by atoms with Crippen molar-refractivity contribution >= 4 is 29.2 Å². The molecule has 2 aromatic rings. The minimum atomic E-state index is -0.690. The van der Waals surface area contributed by atoms with Gasteiger partial charge in [0.15, 0.2) is 6.61 Å². The normalized spacial score (nSPS) is 11.9. The molecule has 0 aliphatic heterocycles. The van der Waals surface area contributed by atoms with Crippen LogP contribution in [0.5, 0.6) is 0 Å². The number of urea groups is 1. The summed E-state index contributed by atoms with van der Waals surface area (Å²) in [5.41, 5.74) is 3.53. The van der Waals surface area contributed by atoms with Crippen molar-refractivity contribution in [2.75, 3.05) is 26.9 Å². The number of rotatable bonds is 6. The molecule has 2 N–H and O–H groups in total. The molecule has 1 aliphatic carbocycles. The van der Waals surface area contributed by atoms with Crippen molar-refractivity contribution in [3.05, 3.63) is 46.3 Å². The number of esters is 1. The lowest BCUT2D eigenvalue weighted by molar-refractivity contribution is -0.123. The van der Waals surface area contributed by atoms with Gasteiger partial charge in [0, 0.05) is 18.5 Å². The maximum Gasteiger partial charge on any atom is 0.348 e. The highest BCUT2D eigenvalue weighted by atomic mass is 32.1. The molecule has 0 bridgehead atoms. The average molecular weight is 388 g/mol. The zero-order valence-electron chi connectivity index (χ0n) is 14.9. The highest BCUT2D eigenvalue weighted by Gasteiger charge is 2.22. The largest absolute Gasteiger partial charge is 0.451 e. The van der Waals surface area contributed by atoms with Crippen LogP contribution in [0.15, 0.2) is 30.3 Å². The van der Waals surface area contributed by atoms with E-state index in [4.69, 9.17) is 9.47 Å². The van der Waals surface area contributed by atoms with E-state index in [2.05, 4.69) is 22.8 Å². The summed E-state index contributed by atoms with van der Waals surface area (Å²) in [5, 5.41) is 4.53. The van der Waals surface area contributed by atoms with Crippen molar-refractivity contribution in [1.29, 1.82) is 0 Å². The fourth-order valence-corrected chi connectivity index (χ4v) is 4.01. The number of hydrogen-bond donors (Lipinski definition) is 2. The van der Waals surface area contributed by atoms with Gasteiger partial charge < -0.3 is 14.8 Å². The number of thiophene rings is 1. The van der Waals surface area contributed by atoms with Crippen LogP contribution in [0.1, 0.15) is 20.8 Å². The smallest absolute Gasteiger partial charge is 0.348 e. The Kier molecular flexibility index (Phi) is 6.20. The number of fused-ring (bicyclic) bond motifs is 3. The molecule has 0 spiro atoms. The number of nitrogens with one attached hydrogen (secondary N) is 2. The van der Waals surface area contributed by atoms with Crippen LogP contribution < -0.4 is 10.6 Å². The fraction of sp³-hybridized carbons (Fsp3) is 0.316. The Morgan fingerprint density at radius 1 is 1.15 bits per heavy atom. The van der Waals surface area contributed by atoms with Gasteiger partial charge in [0.1, 0.15) is 4.88 Å². The maximum atomic E-state index is 12.3. The molecule has 8 heteroatoms. The predicted molar refractivity (Wildman–Crippen MR) is 101 cm³/mol. The van der Waals surface area contributed by atoms with Crippen LogP contribution in [-0.4, -0.2) is 44.8 Å². The number of aryl methyl sites for hydroxylation is 2. The Labute approximate surface area is 160 Å². The number of carbonyl (C=O) groups is 3. The number of carbonyl (C=O) groups excluding carboxylic acids is 3. The highest BCUT2D eigenvalue weighted by molar-refractivity contribution is 7.17. The summed E-state index contributed by atoms with van der Waals surface area (Å²) in [6, 6.07) is 9.31. The van der Waals surface area contributed by atoms with Crippen molar-refractivity contribution in [2.24, 2.45) is 0 Å². The van der Waals surface area contributed by atoms with Crippen molar-refractivity contribution < 1.29 is 23.9 Å². The van der Waals surface area contributed by atoms with E-state index >= 15 is 0 Å². The molecule has 1 aromatic carbocycles. The molecule has 3 amide bonds. The highest BCUT2D eigenvalue weighted by Crippen LogP contribution is 2.39. The standard InChI is InChI=1S/C19H20N2O5S/c1-25-9-8-20-19(24)21-16(22)11-26-18(23)15-10-13-7-6-12-4-2-3-5-14(12)17(13)27-15/h2-5,10H,6-9,11H2,1H3,(H2,20,21,22,24).